The molecule has 0 aromatic heterocycles. The number of rotatable bonds is 9. The fourth-order valence-corrected chi connectivity index (χ4v) is 4.21. The minimum absolute atomic E-state index is 0.00331. The highest BCUT2D eigenvalue weighted by Crippen LogP contribution is 2.46. The lowest BCUT2D eigenvalue weighted by Crippen LogP contribution is -2.44. The van der Waals surface area contributed by atoms with Crippen molar-refractivity contribution < 1.29 is 14.6 Å². The molecule has 1 heterocycles. The highest BCUT2D eigenvalue weighted by Gasteiger charge is 2.40. The first-order chi connectivity index (χ1) is 13.8. The quantitative estimate of drug-likeness (QED) is 0.478. The Morgan fingerprint density at radius 2 is 2.00 bits per heavy atom. The van der Waals surface area contributed by atoms with Gasteiger partial charge in [0, 0.05) is 11.1 Å². The van der Waals surface area contributed by atoms with E-state index in [1.165, 1.54) is 11.1 Å². The van der Waals surface area contributed by atoms with Crippen LogP contribution in [0.3, 0.4) is 0 Å². The van der Waals surface area contributed by atoms with Crippen LogP contribution >= 0.6 is 0 Å². The summed E-state index contributed by atoms with van der Waals surface area (Å²) in [6, 6.07) is 2.07. The number of aliphatic hydroxyl groups excluding tert-OH is 1. The fourth-order valence-electron chi connectivity index (χ4n) is 4.21. The van der Waals surface area contributed by atoms with E-state index in [0.29, 0.717) is 5.92 Å². The summed E-state index contributed by atoms with van der Waals surface area (Å²) in [5, 5.41) is 10.0. The first-order valence-electron chi connectivity index (χ1n) is 11.1. The number of fused-ring (bicyclic) bond motifs is 1. The zero-order valence-corrected chi connectivity index (χ0v) is 19.5. The summed E-state index contributed by atoms with van der Waals surface area (Å²) in [4.78, 5) is 0. The monoisotopic (exact) mass is 400 g/mol. The van der Waals surface area contributed by atoms with Crippen molar-refractivity contribution in [3.63, 3.8) is 0 Å². The maximum atomic E-state index is 10.0. The summed E-state index contributed by atoms with van der Waals surface area (Å²) >= 11 is 0. The molecule has 0 saturated heterocycles. The molecule has 2 atom stereocenters. The second-order valence-electron chi connectivity index (χ2n) is 8.97. The third-order valence-corrected chi connectivity index (χ3v) is 6.41. The van der Waals surface area contributed by atoms with Gasteiger partial charge in [0.05, 0.1) is 13.7 Å². The number of allylic oxidation sites excluding steroid dienone is 4. The number of hydrogen-bond acceptors (Lipinski definition) is 3. The number of hydrogen-bond donors (Lipinski definition) is 1. The van der Waals surface area contributed by atoms with Crippen molar-refractivity contribution in [1.29, 1.82) is 0 Å². The van der Waals surface area contributed by atoms with Crippen molar-refractivity contribution in [3.05, 3.63) is 46.1 Å². The Hall–Kier alpha value is -1.74. The lowest BCUT2D eigenvalue weighted by atomic mass is 9.78. The van der Waals surface area contributed by atoms with Crippen molar-refractivity contribution in [2.45, 2.75) is 92.3 Å². The van der Waals surface area contributed by atoms with Crippen LogP contribution in [0.2, 0.25) is 0 Å². The summed E-state index contributed by atoms with van der Waals surface area (Å²) in [6.07, 6.45) is 10.6. The van der Waals surface area contributed by atoms with Gasteiger partial charge in [-0.1, -0.05) is 37.1 Å². The van der Waals surface area contributed by atoms with Crippen LogP contribution < -0.4 is 9.47 Å². The lowest BCUT2D eigenvalue weighted by molar-refractivity contribution is 0.00743. The predicted octanol–water partition coefficient (Wildman–Crippen LogP) is 6.55. The molecule has 0 spiro atoms. The molecule has 0 amide bonds. The highest BCUT2D eigenvalue weighted by molar-refractivity contribution is 5.55. The van der Waals surface area contributed by atoms with Crippen molar-refractivity contribution in [2.24, 2.45) is 5.92 Å². The van der Waals surface area contributed by atoms with Gasteiger partial charge in [-0.2, -0.15) is 0 Å². The van der Waals surface area contributed by atoms with Crippen LogP contribution in [0.4, 0.5) is 0 Å². The Balaban J connectivity index is 2.19. The van der Waals surface area contributed by atoms with Gasteiger partial charge in [0.25, 0.3) is 0 Å². The summed E-state index contributed by atoms with van der Waals surface area (Å²) in [5.74, 6) is 2.12. The summed E-state index contributed by atoms with van der Waals surface area (Å²) in [5.41, 5.74) is 5.72. The van der Waals surface area contributed by atoms with Crippen LogP contribution in [0.5, 0.6) is 11.5 Å². The highest BCUT2D eigenvalue weighted by atomic mass is 16.5. The number of ether oxygens (including phenoxy) is 2. The summed E-state index contributed by atoms with van der Waals surface area (Å²) < 4.78 is 12.3. The minimum atomic E-state index is -0.245. The van der Waals surface area contributed by atoms with Gasteiger partial charge < -0.3 is 14.6 Å². The molecule has 1 N–H and O–H groups in total. The van der Waals surface area contributed by atoms with Gasteiger partial charge >= 0.3 is 0 Å². The van der Waals surface area contributed by atoms with Crippen molar-refractivity contribution in [2.75, 3.05) is 7.11 Å². The van der Waals surface area contributed by atoms with E-state index in [0.717, 1.165) is 66.7 Å². The zero-order chi connectivity index (χ0) is 21.6. The van der Waals surface area contributed by atoms with E-state index in [1.807, 2.05) is 0 Å². The zero-order valence-electron chi connectivity index (χ0n) is 19.5. The molecule has 0 saturated carbocycles. The predicted molar refractivity (Wildman–Crippen MR) is 122 cm³/mol. The third kappa shape index (κ3) is 5.66. The van der Waals surface area contributed by atoms with Gasteiger partial charge in [0.2, 0.25) is 0 Å². The lowest BCUT2D eigenvalue weighted by Gasteiger charge is -2.42. The molecule has 3 nitrogen and oxygen atoms in total. The van der Waals surface area contributed by atoms with Gasteiger partial charge in [0.15, 0.2) is 0 Å². The van der Waals surface area contributed by atoms with Crippen LogP contribution in [0, 0.1) is 5.92 Å². The molecule has 1 aromatic rings. The molecule has 0 bridgehead atoms. The van der Waals surface area contributed by atoms with Crippen LogP contribution in [0.1, 0.15) is 83.9 Å². The number of aliphatic hydroxyl groups is 1. The fraction of sp³-hybridized carbons (Fsp3) is 0.615. The van der Waals surface area contributed by atoms with E-state index in [2.05, 4.69) is 59.8 Å². The first-order valence-corrected chi connectivity index (χ1v) is 11.1. The smallest absolute Gasteiger partial charge is 0.132 e. The molecule has 1 aromatic carbocycles. The Morgan fingerprint density at radius 1 is 1.28 bits per heavy atom. The number of methoxy groups -OCH3 is 1. The van der Waals surface area contributed by atoms with E-state index in [-0.39, 0.29) is 12.2 Å². The van der Waals surface area contributed by atoms with Crippen LogP contribution in [-0.2, 0) is 19.4 Å². The number of benzene rings is 1. The summed E-state index contributed by atoms with van der Waals surface area (Å²) in [7, 11) is 1.72. The molecule has 0 radical (unpaired) electrons. The van der Waals surface area contributed by atoms with Gasteiger partial charge in [-0.3, -0.25) is 0 Å². The van der Waals surface area contributed by atoms with Gasteiger partial charge in [-0.15, -0.1) is 0 Å². The molecule has 2 rings (SSSR count). The Bertz CT molecular complexity index is 756. The summed E-state index contributed by atoms with van der Waals surface area (Å²) in [6.45, 7) is 13.1. The molecule has 1 aliphatic heterocycles. The molecule has 0 aliphatic carbocycles. The van der Waals surface area contributed by atoms with E-state index in [4.69, 9.17) is 9.47 Å². The SMILES string of the molecule is CCc1cc(OC)c2c(c1CO)O[C@@](C)(CC/C=C(\C)CCC=C(C)C)[C@@H](C)C2. The van der Waals surface area contributed by atoms with Crippen LogP contribution in [0.15, 0.2) is 29.4 Å². The molecule has 3 heteroatoms. The second-order valence-corrected chi connectivity index (χ2v) is 8.97. The van der Waals surface area contributed by atoms with Crippen molar-refractivity contribution >= 4 is 0 Å². The van der Waals surface area contributed by atoms with Gasteiger partial charge in [0.1, 0.15) is 17.1 Å². The van der Waals surface area contributed by atoms with Gasteiger partial charge in [-0.25, -0.2) is 0 Å². The topological polar surface area (TPSA) is 38.7 Å². The molecular formula is C26H40O3. The Kier molecular flexibility index (Phi) is 8.39. The van der Waals surface area contributed by atoms with Crippen molar-refractivity contribution in [1.82, 2.24) is 0 Å². The van der Waals surface area contributed by atoms with E-state index in [1.54, 1.807) is 7.11 Å². The van der Waals surface area contributed by atoms with E-state index < -0.39 is 0 Å². The largest absolute Gasteiger partial charge is 0.496 e. The van der Waals surface area contributed by atoms with E-state index in [9.17, 15) is 5.11 Å². The maximum absolute atomic E-state index is 10.0. The normalized spacial score (nSPS) is 21.4. The minimum Gasteiger partial charge on any atom is -0.496 e. The standard InChI is InChI=1S/C26H40O3/c1-8-21-16-24(28-7)22-15-20(5)26(6,29-25(22)23(21)17-27)14-10-13-19(4)12-9-11-18(2)3/h11,13,16,20,27H,8-10,12,14-15,17H2,1-7H3/b19-13+/t20-,26-/m0/s1. The van der Waals surface area contributed by atoms with Gasteiger partial charge in [-0.05, 0) is 83.8 Å². The average Bonchev–Trinajstić information content (AvgIpc) is 2.67. The van der Waals surface area contributed by atoms with Crippen LogP contribution in [0.25, 0.3) is 0 Å². The Labute approximate surface area is 177 Å². The molecule has 0 unspecified atom stereocenters. The number of aryl methyl sites for hydroxylation is 1. The maximum Gasteiger partial charge on any atom is 0.132 e. The van der Waals surface area contributed by atoms with Crippen LogP contribution in [-0.4, -0.2) is 17.8 Å². The van der Waals surface area contributed by atoms with E-state index >= 15 is 0 Å². The molecule has 29 heavy (non-hydrogen) atoms. The molecule has 1 aliphatic rings. The second kappa shape index (κ2) is 10.3. The molecular weight excluding hydrogens is 360 g/mol. The third-order valence-electron chi connectivity index (χ3n) is 6.41. The molecule has 162 valence electrons. The Morgan fingerprint density at radius 3 is 2.59 bits per heavy atom. The molecule has 0 fully saturated rings. The van der Waals surface area contributed by atoms with Crippen molar-refractivity contribution in [3.8, 4) is 11.5 Å². The first kappa shape index (κ1) is 23.5. The average molecular weight is 401 g/mol.